The summed E-state index contributed by atoms with van der Waals surface area (Å²) in [6.45, 7) is 1.81. The molecule has 0 amide bonds. The number of hydrogen-bond donors (Lipinski definition) is 1. The molecule has 2 fully saturated rings. The highest BCUT2D eigenvalue weighted by atomic mass is 16.5. The molecule has 1 aliphatic heterocycles. The molecule has 1 saturated heterocycles. The quantitative estimate of drug-likeness (QED) is 0.762. The first-order valence-corrected chi connectivity index (χ1v) is 10.3. The molecule has 6 heteroatoms. The van der Waals surface area contributed by atoms with Crippen molar-refractivity contribution < 1.29 is 9.47 Å². The van der Waals surface area contributed by atoms with Crippen molar-refractivity contribution in [1.82, 2.24) is 15.3 Å². The van der Waals surface area contributed by atoms with Gasteiger partial charge in [-0.15, -0.1) is 0 Å². The first-order valence-electron chi connectivity index (χ1n) is 10.3. The molecule has 1 N–H and O–H groups in total. The first kappa shape index (κ1) is 19.7. The van der Waals surface area contributed by atoms with Crippen LogP contribution in [0.25, 0.3) is 0 Å². The van der Waals surface area contributed by atoms with Gasteiger partial charge in [0.15, 0.2) is 11.5 Å². The Hall–Kier alpha value is -2.60. The first-order chi connectivity index (χ1) is 14.2. The summed E-state index contributed by atoms with van der Waals surface area (Å²) in [5.74, 6) is 1.60. The van der Waals surface area contributed by atoms with Crippen LogP contribution in [0, 0.1) is 0 Å². The third kappa shape index (κ3) is 3.81. The van der Waals surface area contributed by atoms with Gasteiger partial charge in [-0.05, 0) is 62.2 Å². The van der Waals surface area contributed by atoms with Gasteiger partial charge in [-0.2, -0.15) is 5.10 Å². The number of aromatic nitrogens is 1. The van der Waals surface area contributed by atoms with Gasteiger partial charge in [-0.3, -0.25) is 4.98 Å². The minimum absolute atomic E-state index is 0.149. The van der Waals surface area contributed by atoms with E-state index in [9.17, 15) is 0 Å². The minimum Gasteiger partial charge on any atom is -0.493 e. The molecule has 0 spiro atoms. The van der Waals surface area contributed by atoms with Gasteiger partial charge in [0, 0.05) is 36.0 Å². The number of hydrogen-bond acceptors (Lipinski definition) is 6. The molecule has 1 aromatic carbocycles. The summed E-state index contributed by atoms with van der Waals surface area (Å²) in [4.78, 5) is 6.65. The van der Waals surface area contributed by atoms with Crippen LogP contribution in [0.2, 0.25) is 0 Å². The van der Waals surface area contributed by atoms with Crippen molar-refractivity contribution in [2.45, 2.75) is 43.7 Å². The highest BCUT2D eigenvalue weighted by Gasteiger charge is 2.49. The third-order valence-corrected chi connectivity index (χ3v) is 6.57. The summed E-state index contributed by atoms with van der Waals surface area (Å²) in [5.41, 5.74) is 7.14. The monoisotopic (exact) mass is 394 g/mol. The van der Waals surface area contributed by atoms with E-state index in [1.165, 1.54) is 17.7 Å². The lowest BCUT2D eigenvalue weighted by Crippen LogP contribution is -2.46. The van der Waals surface area contributed by atoms with Crippen LogP contribution in [0.1, 0.15) is 36.8 Å². The second-order valence-electron chi connectivity index (χ2n) is 8.05. The van der Waals surface area contributed by atoms with E-state index in [2.05, 4.69) is 40.6 Å². The fourth-order valence-electron chi connectivity index (χ4n) is 4.93. The second kappa shape index (κ2) is 8.41. The number of likely N-dealkylation sites (N-methyl/N-ethyl adjacent to an activating group) is 1. The average Bonchev–Trinajstić information content (AvgIpc) is 3.11. The number of nitrogens with one attached hydrogen (secondary N) is 1. The van der Waals surface area contributed by atoms with Gasteiger partial charge in [0.05, 0.1) is 20.8 Å². The molecule has 2 heterocycles. The highest BCUT2D eigenvalue weighted by molar-refractivity contribution is 5.86. The van der Waals surface area contributed by atoms with Crippen LogP contribution >= 0.6 is 0 Å². The van der Waals surface area contributed by atoms with E-state index in [1.54, 1.807) is 20.4 Å². The van der Waals surface area contributed by atoms with Gasteiger partial charge >= 0.3 is 0 Å². The van der Waals surface area contributed by atoms with Crippen molar-refractivity contribution in [3.05, 3.63) is 53.9 Å². The number of methoxy groups -OCH3 is 2. The molecule has 154 valence electrons. The lowest BCUT2D eigenvalue weighted by molar-refractivity contribution is 0.226. The van der Waals surface area contributed by atoms with E-state index in [1.807, 2.05) is 18.3 Å². The summed E-state index contributed by atoms with van der Waals surface area (Å²) in [7, 11) is 5.63. The third-order valence-electron chi connectivity index (χ3n) is 6.57. The number of fused-ring (bicyclic) bond motifs is 1. The largest absolute Gasteiger partial charge is 0.493 e. The predicted molar refractivity (Wildman–Crippen MR) is 115 cm³/mol. The Morgan fingerprint density at radius 1 is 1.21 bits per heavy atom. The second-order valence-corrected chi connectivity index (χ2v) is 8.05. The van der Waals surface area contributed by atoms with E-state index in [-0.39, 0.29) is 5.41 Å². The topological polar surface area (TPSA) is 59.0 Å². The van der Waals surface area contributed by atoms with Crippen LogP contribution in [0.3, 0.4) is 0 Å². The highest BCUT2D eigenvalue weighted by Crippen LogP contribution is 2.49. The molecule has 2 atom stereocenters. The number of pyridine rings is 1. The zero-order valence-corrected chi connectivity index (χ0v) is 17.5. The smallest absolute Gasteiger partial charge is 0.161 e. The number of likely N-dealkylation sites (tertiary alicyclic amines) is 1. The van der Waals surface area contributed by atoms with E-state index in [0.717, 1.165) is 42.9 Å². The molecule has 2 aromatic rings. The van der Waals surface area contributed by atoms with Crippen molar-refractivity contribution in [2.75, 3.05) is 27.8 Å². The fourth-order valence-corrected chi connectivity index (χ4v) is 4.93. The lowest BCUT2D eigenvalue weighted by Gasteiger charge is -2.42. The van der Waals surface area contributed by atoms with Crippen LogP contribution in [-0.2, 0) is 12.0 Å². The Kier molecular flexibility index (Phi) is 5.72. The Morgan fingerprint density at radius 3 is 2.83 bits per heavy atom. The van der Waals surface area contributed by atoms with E-state index >= 15 is 0 Å². The van der Waals surface area contributed by atoms with Crippen LogP contribution in [0.4, 0.5) is 0 Å². The Bertz CT molecular complexity index is 870. The van der Waals surface area contributed by atoms with E-state index in [4.69, 9.17) is 14.6 Å². The Balaban J connectivity index is 1.52. The summed E-state index contributed by atoms with van der Waals surface area (Å²) in [6.07, 6.45) is 7.94. The number of rotatable bonds is 6. The maximum absolute atomic E-state index is 5.58. The molecule has 4 rings (SSSR count). The standard InChI is InChI=1S/C23H30N4O2/c1-27-12-10-23(18-6-7-20(28-2)21(13-18)29-3)9-8-19(14-22(23)27)26-25-16-17-5-4-11-24-15-17/h4-7,11,13,15,22,25H,8-10,12,14,16H2,1-3H3/b26-19+. The van der Waals surface area contributed by atoms with Crippen molar-refractivity contribution in [2.24, 2.45) is 5.10 Å². The molecule has 0 bridgehead atoms. The van der Waals surface area contributed by atoms with E-state index in [0.29, 0.717) is 12.6 Å². The van der Waals surface area contributed by atoms with Crippen molar-refractivity contribution in [1.29, 1.82) is 0 Å². The SMILES string of the molecule is COc1ccc(C23CC/C(=N\NCc4cccnc4)CC2N(C)CC3)cc1OC. The fraction of sp³-hybridized carbons (Fsp3) is 0.478. The summed E-state index contributed by atoms with van der Waals surface area (Å²) in [6, 6.07) is 10.9. The Labute approximate surface area is 172 Å². The number of hydrazone groups is 1. The van der Waals surface area contributed by atoms with Gasteiger partial charge in [0.1, 0.15) is 0 Å². The van der Waals surface area contributed by atoms with Gasteiger partial charge in [-0.1, -0.05) is 12.1 Å². The van der Waals surface area contributed by atoms with E-state index < -0.39 is 0 Å². The van der Waals surface area contributed by atoms with Crippen molar-refractivity contribution >= 4 is 5.71 Å². The van der Waals surface area contributed by atoms with Crippen molar-refractivity contribution in [3.8, 4) is 11.5 Å². The summed E-state index contributed by atoms with van der Waals surface area (Å²) < 4.78 is 11.0. The van der Waals surface area contributed by atoms with Crippen LogP contribution in [0.15, 0.2) is 47.8 Å². The normalized spacial score (nSPS) is 25.6. The zero-order chi connectivity index (χ0) is 20.3. The molecule has 1 aliphatic carbocycles. The molecule has 29 heavy (non-hydrogen) atoms. The number of ether oxygens (including phenoxy) is 2. The molecule has 2 unspecified atom stereocenters. The maximum atomic E-state index is 5.58. The minimum atomic E-state index is 0.149. The molecule has 2 aliphatic rings. The van der Waals surface area contributed by atoms with Gasteiger partial charge in [0.25, 0.3) is 0 Å². The Morgan fingerprint density at radius 2 is 2.07 bits per heavy atom. The molecule has 1 aromatic heterocycles. The number of nitrogens with zero attached hydrogens (tertiary/aromatic N) is 3. The average molecular weight is 395 g/mol. The zero-order valence-electron chi connectivity index (χ0n) is 17.5. The van der Waals surface area contributed by atoms with Crippen LogP contribution in [0.5, 0.6) is 11.5 Å². The van der Waals surface area contributed by atoms with Crippen molar-refractivity contribution in [3.63, 3.8) is 0 Å². The molecular formula is C23H30N4O2. The van der Waals surface area contributed by atoms with Crippen LogP contribution in [-0.4, -0.2) is 49.4 Å². The van der Waals surface area contributed by atoms with Crippen LogP contribution < -0.4 is 14.9 Å². The lowest BCUT2D eigenvalue weighted by atomic mass is 9.65. The predicted octanol–water partition coefficient (Wildman–Crippen LogP) is 3.37. The number of benzene rings is 1. The summed E-state index contributed by atoms with van der Waals surface area (Å²) in [5, 5.41) is 4.73. The van der Waals surface area contributed by atoms with Gasteiger partial charge in [-0.25, -0.2) is 0 Å². The molecule has 1 saturated carbocycles. The maximum Gasteiger partial charge on any atom is 0.161 e. The van der Waals surface area contributed by atoms with Gasteiger partial charge in [0.2, 0.25) is 0 Å². The molecule has 6 nitrogen and oxygen atoms in total. The molecule has 0 radical (unpaired) electrons. The van der Waals surface area contributed by atoms with Gasteiger partial charge < -0.3 is 19.8 Å². The molecular weight excluding hydrogens is 364 g/mol. The summed E-state index contributed by atoms with van der Waals surface area (Å²) >= 11 is 0.